The highest BCUT2D eigenvalue weighted by Crippen LogP contribution is 2.15. The van der Waals surface area contributed by atoms with Crippen LogP contribution in [0.15, 0.2) is 18.5 Å². The first-order valence-corrected chi connectivity index (χ1v) is 4.03. The molecule has 0 saturated heterocycles. The van der Waals surface area contributed by atoms with Gasteiger partial charge in [0.1, 0.15) is 10.7 Å². The van der Waals surface area contributed by atoms with Gasteiger partial charge in [0.2, 0.25) is 0 Å². The lowest BCUT2D eigenvalue weighted by molar-refractivity contribution is 0.339. The normalized spacial score (nSPS) is 9.42. The summed E-state index contributed by atoms with van der Waals surface area (Å²) in [5.41, 5.74) is 6.15. The quantitative estimate of drug-likeness (QED) is 0.711. The van der Waals surface area contributed by atoms with Crippen LogP contribution in [0.5, 0.6) is 5.75 Å². The van der Waals surface area contributed by atoms with Crippen LogP contribution in [0, 0.1) is 0 Å². The zero-order valence-corrected chi connectivity index (χ0v) is 7.60. The van der Waals surface area contributed by atoms with Crippen molar-refractivity contribution in [1.82, 2.24) is 4.98 Å². The maximum absolute atomic E-state index is 5.46. The zero-order valence-electron chi connectivity index (χ0n) is 6.78. The van der Waals surface area contributed by atoms with Crippen molar-refractivity contribution in [1.29, 1.82) is 0 Å². The second-order valence-electron chi connectivity index (χ2n) is 2.17. The highest BCUT2D eigenvalue weighted by Gasteiger charge is 2.04. The summed E-state index contributed by atoms with van der Waals surface area (Å²) >= 11 is 4.82. The predicted octanol–water partition coefficient (Wildman–Crippen LogP) is 1.11. The van der Waals surface area contributed by atoms with E-state index < -0.39 is 0 Å². The summed E-state index contributed by atoms with van der Waals surface area (Å²) in [7, 11) is 0. The minimum Gasteiger partial charge on any atom is -0.493 e. The van der Waals surface area contributed by atoms with Gasteiger partial charge in [0, 0.05) is 12.4 Å². The van der Waals surface area contributed by atoms with Crippen LogP contribution in [-0.2, 0) is 0 Å². The van der Waals surface area contributed by atoms with Crippen molar-refractivity contribution < 1.29 is 4.74 Å². The lowest BCUT2D eigenvalue weighted by atomic mass is 10.2. The summed E-state index contributed by atoms with van der Waals surface area (Å²) in [5, 5.41) is 0. The summed E-state index contributed by atoms with van der Waals surface area (Å²) in [6, 6.07) is 1.75. The maximum Gasteiger partial charge on any atom is 0.132 e. The molecule has 2 N–H and O–H groups in total. The smallest absolute Gasteiger partial charge is 0.132 e. The first kappa shape index (κ1) is 8.93. The predicted molar refractivity (Wildman–Crippen MR) is 51.3 cm³/mol. The standard InChI is InChI=1S/C8H10N2OS/c1-2-11-7-3-4-10-5-6(7)8(9)12/h3-5H,2H2,1H3,(H2,9,12). The molecule has 0 saturated carbocycles. The van der Waals surface area contributed by atoms with Crippen LogP contribution in [-0.4, -0.2) is 16.6 Å². The Bertz CT molecular complexity index is 288. The largest absolute Gasteiger partial charge is 0.493 e. The van der Waals surface area contributed by atoms with Crippen LogP contribution >= 0.6 is 12.2 Å². The third-order valence-electron chi connectivity index (χ3n) is 1.35. The first-order chi connectivity index (χ1) is 5.75. The summed E-state index contributed by atoms with van der Waals surface area (Å²) in [5.74, 6) is 0.694. The molecular weight excluding hydrogens is 172 g/mol. The number of thiocarbonyl (C=S) groups is 1. The molecule has 0 aromatic carbocycles. The molecule has 0 amide bonds. The molecule has 1 heterocycles. The third kappa shape index (κ3) is 1.92. The molecule has 0 aliphatic heterocycles. The number of nitrogens with two attached hydrogens (primary N) is 1. The van der Waals surface area contributed by atoms with Gasteiger partial charge in [-0.1, -0.05) is 12.2 Å². The molecule has 3 nitrogen and oxygen atoms in total. The SMILES string of the molecule is CCOc1ccncc1C(N)=S. The van der Waals surface area contributed by atoms with Crippen molar-refractivity contribution in [2.75, 3.05) is 6.61 Å². The Morgan fingerprint density at radius 3 is 3.08 bits per heavy atom. The molecule has 4 heteroatoms. The fraction of sp³-hybridized carbons (Fsp3) is 0.250. The Kier molecular flexibility index (Phi) is 2.99. The van der Waals surface area contributed by atoms with Gasteiger partial charge >= 0.3 is 0 Å². The van der Waals surface area contributed by atoms with Crippen molar-refractivity contribution in [2.24, 2.45) is 5.73 Å². The van der Waals surface area contributed by atoms with Gasteiger partial charge in [0.05, 0.1) is 12.2 Å². The van der Waals surface area contributed by atoms with Gasteiger partial charge in [-0.05, 0) is 13.0 Å². The Labute approximate surface area is 76.6 Å². The number of nitrogens with zero attached hydrogens (tertiary/aromatic N) is 1. The van der Waals surface area contributed by atoms with E-state index in [1.807, 2.05) is 6.92 Å². The molecule has 64 valence electrons. The van der Waals surface area contributed by atoms with E-state index in [1.54, 1.807) is 18.5 Å². The van der Waals surface area contributed by atoms with Gasteiger partial charge in [-0.3, -0.25) is 4.98 Å². The molecule has 0 aliphatic rings. The number of hydrogen-bond acceptors (Lipinski definition) is 3. The van der Waals surface area contributed by atoms with E-state index in [9.17, 15) is 0 Å². The number of aromatic nitrogens is 1. The van der Waals surface area contributed by atoms with E-state index >= 15 is 0 Å². The maximum atomic E-state index is 5.46. The fourth-order valence-corrected chi connectivity index (χ4v) is 1.00. The average molecular weight is 182 g/mol. The van der Waals surface area contributed by atoms with Crippen molar-refractivity contribution in [2.45, 2.75) is 6.92 Å². The number of hydrogen-bond donors (Lipinski definition) is 1. The Hall–Kier alpha value is -1.16. The zero-order chi connectivity index (χ0) is 8.97. The molecule has 1 rings (SSSR count). The fourth-order valence-electron chi connectivity index (χ4n) is 0.848. The summed E-state index contributed by atoms with van der Waals surface area (Å²) in [6.45, 7) is 2.50. The van der Waals surface area contributed by atoms with Crippen LogP contribution in [0.1, 0.15) is 12.5 Å². The summed E-state index contributed by atoms with van der Waals surface area (Å²) in [6.07, 6.45) is 3.25. The van der Waals surface area contributed by atoms with E-state index in [1.165, 1.54) is 0 Å². The molecule has 0 unspecified atom stereocenters. The van der Waals surface area contributed by atoms with Gasteiger partial charge in [-0.2, -0.15) is 0 Å². The van der Waals surface area contributed by atoms with Crippen LogP contribution in [0.3, 0.4) is 0 Å². The summed E-state index contributed by atoms with van der Waals surface area (Å²) in [4.78, 5) is 4.21. The Morgan fingerprint density at radius 1 is 1.75 bits per heavy atom. The van der Waals surface area contributed by atoms with Crippen LogP contribution in [0.2, 0.25) is 0 Å². The highest BCUT2D eigenvalue weighted by atomic mass is 32.1. The molecule has 0 bridgehead atoms. The Morgan fingerprint density at radius 2 is 2.50 bits per heavy atom. The molecule has 12 heavy (non-hydrogen) atoms. The van der Waals surface area contributed by atoms with Crippen LogP contribution in [0.4, 0.5) is 0 Å². The second kappa shape index (κ2) is 4.01. The van der Waals surface area contributed by atoms with Crippen molar-refractivity contribution >= 4 is 17.2 Å². The topological polar surface area (TPSA) is 48.1 Å². The summed E-state index contributed by atoms with van der Waals surface area (Å²) < 4.78 is 5.29. The van der Waals surface area contributed by atoms with Crippen molar-refractivity contribution in [3.63, 3.8) is 0 Å². The lowest BCUT2D eigenvalue weighted by Gasteiger charge is -2.06. The monoisotopic (exact) mass is 182 g/mol. The number of rotatable bonds is 3. The number of ether oxygens (including phenoxy) is 1. The molecule has 0 spiro atoms. The minimum absolute atomic E-state index is 0.312. The average Bonchev–Trinajstić information content (AvgIpc) is 2.05. The molecule has 0 radical (unpaired) electrons. The third-order valence-corrected chi connectivity index (χ3v) is 1.57. The van der Waals surface area contributed by atoms with E-state index in [0.29, 0.717) is 22.9 Å². The molecular formula is C8H10N2OS. The Balaban J connectivity index is 3.00. The lowest BCUT2D eigenvalue weighted by Crippen LogP contribution is -2.11. The molecule has 0 aliphatic carbocycles. The molecule has 1 aromatic heterocycles. The van der Waals surface area contributed by atoms with Crippen molar-refractivity contribution in [3.8, 4) is 5.75 Å². The van der Waals surface area contributed by atoms with E-state index in [-0.39, 0.29) is 0 Å². The highest BCUT2D eigenvalue weighted by molar-refractivity contribution is 7.80. The minimum atomic E-state index is 0.312. The van der Waals surface area contributed by atoms with Gasteiger partial charge < -0.3 is 10.5 Å². The molecule has 1 aromatic rings. The van der Waals surface area contributed by atoms with E-state index in [4.69, 9.17) is 22.7 Å². The second-order valence-corrected chi connectivity index (χ2v) is 2.61. The van der Waals surface area contributed by atoms with E-state index in [2.05, 4.69) is 4.98 Å². The van der Waals surface area contributed by atoms with Crippen molar-refractivity contribution in [3.05, 3.63) is 24.0 Å². The van der Waals surface area contributed by atoms with Crippen LogP contribution < -0.4 is 10.5 Å². The van der Waals surface area contributed by atoms with Gasteiger partial charge in [0.25, 0.3) is 0 Å². The first-order valence-electron chi connectivity index (χ1n) is 3.62. The van der Waals surface area contributed by atoms with E-state index in [0.717, 1.165) is 0 Å². The van der Waals surface area contributed by atoms with Gasteiger partial charge in [0.15, 0.2) is 0 Å². The number of pyridine rings is 1. The van der Waals surface area contributed by atoms with Gasteiger partial charge in [-0.25, -0.2) is 0 Å². The molecule has 0 atom stereocenters. The molecule has 0 fully saturated rings. The van der Waals surface area contributed by atoms with Crippen LogP contribution in [0.25, 0.3) is 0 Å². The van der Waals surface area contributed by atoms with Gasteiger partial charge in [-0.15, -0.1) is 0 Å².